The van der Waals surface area contributed by atoms with E-state index in [4.69, 9.17) is 4.74 Å². The Hall–Kier alpha value is -1.09. The van der Waals surface area contributed by atoms with Gasteiger partial charge in [0.2, 0.25) is 0 Å². The van der Waals surface area contributed by atoms with Crippen LogP contribution in [0.4, 0.5) is 0 Å². The SMILES string of the molecule is C=C(c1ccc(Br)cc1)C1CCC(=O)O1. The minimum absolute atomic E-state index is 0.127. The molecule has 1 aliphatic rings. The van der Waals surface area contributed by atoms with Crippen LogP contribution in [0, 0.1) is 0 Å². The highest BCUT2D eigenvalue weighted by atomic mass is 79.9. The number of hydrogen-bond acceptors (Lipinski definition) is 2. The van der Waals surface area contributed by atoms with Gasteiger partial charge in [-0.1, -0.05) is 34.6 Å². The lowest BCUT2D eigenvalue weighted by atomic mass is 10.0. The van der Waals surface area contributed by atoms with Crippen molar-refractivity contribution >= 4 is 27.5 Å². The molecule has 3 heteroatoms. The first kappa shape index (κ1) is 10.4. The fourth-order valence-electron chi connectivity index (χ4n) is 1.62. The summed E-state index contributed by atoms with van der Waals surface area (Å²) in [6.07, 6.45) is 1.10. The Labute approximate surface area is 97.1 Å². The van der Waals surface area contributed by atoms with Gasteiger partial charge >= 0.3 is 5.97 Å². The summed E-state index contributed by atoms with van der Waals surface area (Å²) in [6.45, 7) is 3.98. The van der Waals surface area contributed by atoms with Crippen molar-refractivity contribution in [3.63, 3.8) is 0 Å². The first-order chi connectivity index (χ1) is 7.16. The monoisotopic (exact) mass is 266 g/mol. The number of rotatable bonds is 2. The topological polar surface area (TPSA) is 26.3 Å². The summed E-state index contributed by atoms with van der Waals surface area (Å²) in [5.74, 6) is -0.127. The molecule has 15 heavy (non-hydrogen) atoms. The molecule has 1 heterocycles. The molecule has 2 nitrogen and oxygen atoms in total. The van der Waals surface area contributed by atoms with Crippen LogP contribution in [-0.2, 0) is 9.53 Å². The number of esters is 1. The number of carbonyl (C=O) groups is 1. The lowest BCUT2D eigenvalue weighted by Gasteiger charge is -2.12. The average Bonchev–Trinajstić information content (AvgIpc) is 2.65. The molecule has 0 radical (unpaired) electrons. The highest BCUT2D eigenvalue weighted by molar-refractivity contribution is 9.10. The fraction of sp³-hybridized carbons (Fsp3) is 0.250. The smallest absolute Gasteiger partial charge is 0.306 e. The predicted molar refractivity (Wildman–Crippen MR) is 62.3 cm³/mol. The van der Waals surface area contributed by atoms with Gasteiger partial charge in [0.25, 0.3) is 0 Å². The molecule has 0 aliphatic carbocycles. The highest BCUT2D eigenvalue weighted by Crippen LogP contribution is 2.27. The third-order valence-electron chi connectivity index (χ3n) is 2.49. The van der Waals surface area contributed by atoms with E-state index in [2.05, 4.69) is 22.5 Å². The van der Waals surface area contributed by atoms with Gasteiger partial charge in [-0.2, -0.15) is 0 Å². The largest absolute Gasteiger partial charge is 0.457 e. The molecule has 1 aromatic rings. The molecule has 78 valence electrons. The zero-order chi connectivity index (χ0) is 10.8. The maximum atomic E-state index is 11.0. The van der Waals surface area contributed by atoms with Crippen molar-refractivity contribution in [2.24, 2.45) is 0 Å². The quantitative estimate of drug-likeness (QED) is 0.769. The van der Waals surface area contributed by atoms with Crippen LogP contribution in [0.15, 0.2) is 35.3 Å². The van der Waals surface area contributed by atoms with Gasteiger partial charge < -0.3 is 4.74 Å². The Morgan fingerprint density at radius 2 is 2.07 bits per heavy atom. The second kappa shape index (κ2) is 4.19. The van der Waals surface area contributed by atoms with Crippen molar-refractivity contribution in [2.45, 2.75) is 18.9 Å². The van der Waals surface area contributed by atoms with Gasteiger partial charge in [-0.3, -0.25) is 4.79 Å². The van der Waals surface area contributed by atoms with E-state index < -0.39 is 0 Å². The summed E-state index contributed by atoms with van der Waals surface area (Å²) in [7, 11) is 0. The molecule has 1 aliphatic heterocycles. The summed E-state index contributed by atoms with van der Waals surface area (Å²) < 4.78 is 6.19. The molecule has 1 unspecified atom stereocenters. The fourth-order valence-corrected chi connectivity index (χ4v) is 1.89. The molecular formula is C12H11BrO2. The number of benzene rings is 1. The van der Waals surface area contributed by atoms with Crippen LogP contribution in [-0.4, -0.2) is 12.1 Å². The van der Waals surface area contributed by atoms with E-state index in [1.165, 1.54) is 0 Å². The van der Waals surface area contributed by atoms with Crippen LogP contribution >= 0.6 is 15.9 Å². The molecule has 0 N–H and O–H groups in total. The molecule has 1 aromatic carbocycles. The molecule has 1 atom stereocenters. The van der Waals surface area contributed by atoms with E-state index in [0.717, 1.165) is 22.0 Å². The van der Waals surface area contributed by atoms with Gasteiger partial charge in [0, 0.05) is 10.9 Å². The second-order valence-electron chi connectivity index (χ2n) is 3.55. The number of cyclic esters (lactones) is 1. The Kier molecular flexibility index (Phi) is 2.91. The van der Waals surface area contributed by atoms with Crippen molar-refractivity contribution in [3.8, 4) is 0 Å². The predicted octanol–water partition coefficient (Wildman–Crippen LogP) is 3.17. The Morgan fingerprint density at radius 3 is 2.60 bits per heavy atom. The normalized spacial score (nSPS) is 20.1. The van der Waals surface area contributed by atoms with E-state index in [0.29, 0.717) is 6.42 Å². The highest BCUT2D eigenvalue weighted by Gasteiger charge is 2.26. The van der Waals surface area contributed by atoms with E-state index in [9.17, 15) is 4.79 Å². The Bertz CT molecular complexity index is 395. The van der Waals surface area contributed by atoms with Crippen LogP contribution in [0.2, 0.25) is 0 Å². The van der Waals surface area contributed by atoms with Crippen LogP contribution in [0.1, 0.15) is 18.4 Å². The molecule has 1 fully saturated rings. The zero-order valence-electron chi connectivity index (χ0n) is 8.20. The summed E-state index contributed by atoms with van der Waals surface area (Å²) >= 11 is 3.37. The molecule has 0 spiro atoms. The zero-order valence-corrected chi connectivity index (χ0v) is 9.79. The van der Waals surface area contributed by atoms with E-state index in [-0.39, 0.29) is 12.1 Å². The number of ether oxygens (including phenoxy) is 1. The summed E-state index contributed by atoms with van der Waals surface area (Å²) in [5.41, 5.74) is 1.91. The molecule has 0 amide bonds. The second-order valence-corrected chi connectivity index (χ2v) is 4.46. The van der Waals surface area contributed by atoms with Crippen molar-refractivity contribution < 1.29 is 9.53 Å². The molecule has 0 saturated carbocycles. The van der Waals surface area contributed by atoms with Crippen LogP contribution in [0.3, 0.4) is 0 Å². The summed E-state index contributed by atoms with van der Waals surface area (Å²) in [5, 5.41) is 0. The third-order valence-corrected chi connectivity index (χ3v) is 3.02. The number of hydrogen-bond donors (Lipinski definition) is 0. The lowest BCUT2D eigenvalue weighted by Crippen LogP contribution is -2.08. The van der Waals surface area contributed by atoms with Crippen LogP contribution < -0.4 is 0 Å². The first-order valence-electron chi connectivity index (χ1n) is 4.81. The van der Waals surface area contributed by atoms with Gasteiger partial charge in [-0.05, 0) is 29.7 Å². The summed E-state index contributed by atoms with van der Waals surface area (Å²) in [4.78, 5) is 11.0. The third kappa shape index (κ3) is 2.29. The molecular weight excluding hydrogens is 256 g/mol. The van der Waals surface area contributed by atoms with Crippen molar-refractivity contribution in [3.05, 3.63) is 40.9 Å². The van der Waals surface area contributed by atoms with Gasteiger partial charge in [0.05, 0.1) is 0 Å². The number of halogens is 1. The number of carbonyl (C=O) groups excluding carboxylic acids is 1. The standard InChI is InChI=1S/C12H11BrO2/c1-8(11-6-7-12(14)15-11)9-2-4-10(13)5-3-9/h2-5,11H,1,6-7H2. The molecule has 0 bridgehead atoms. The van der Waals surface area contributed by atoms with Gasteiger partial charge in [0.15, 0.2) is 0 Å². The average molecular weight is 267 g/mol. The Balaban J connectivity index is 2.14. The van der Waals surface area contributed by atoms with E-state index >= 15 is 0 Å². The van der Waals surface area contributed by atoms with Crippen molar-refractivity contribution in [1.29, 1.82) is 0 Å². The maximum absolute atomic E-state index is 11.0. The van der Waals surface area contributed by atoms with E-state index in [1.807, 2.05) is 24.3 Å². The van der Waals surface area contributed by atoms with Gasteiger partial charge in [-0.15, -0.1) is 0 Å². The summed E-state index contributed by atoms with van der Waals surface area (Å²) in [6, 6.07) is 7.85. The maximum Gasteiger partial charge on any atom is 0.306 e. The molecule has 2 rings (SSSR count). The van der Waals surface area contributed by atoms with Crippen LogP contribution in [0.25, 0.3) is 5.57 Å². The molecule has 1 saturated heterocycles. The van der Waals surface area contributed by atoms with Gasteiger partial charge in [-0.25, -0.2) is 0 Å². The Morgan fingerprint density at radius 1 is 1.40 bits per heavy atom. The minimum Gasteiger partial charge on any atom is -0.457 e. The molecule has 0 aromatic heterocycles. The van der Waals surface area contributed by atoms with Crippen molar-refractivity contribution in [2.75, 3.05) is 0 Å². The lowest BCUT2D eigenvalue weighted by molar-refractivity contribution is -0.139. The minimum atomic E-state index is -0.140. The van der Waals surface area contributed by atoms with Crippen molar-refractivity contribution in [1.82, 2.24) is 0 Å². The van der Waals surface area contributed by atoms with Gasteiger partial charge in [0.1, 0.15) is 6.10 Å². The van der Waals surface area contributed by atoms with Crippen LogP contribution in [0.5, 0.6) is 0 Å². The first-order valence-corrected chi connectivity index (χ1v) is 5.60. The van der Waals surface area contributed by atoms with E-state index in [1.54, 1.807) is 0 Å².